The molecule has 1 saturated carbocycles. The molecule has 0 aromatic rings. The molecule has 2 atom stereocenters. The van der Waals surface area contributed by atoms with Gasteiger partial charge >= 0.3 is 12.0 Å². The number of urea groups is 1. The van der Waals surface area contributed by atoms with Crippen molar-refractivity contribution in [2.75, 3.05) is 13.1 Å². The van der Waals surface area contributed by atoms with Gasteiger partial charge in [-0.3, -0.25) is 0 Å². The average Bonchev–Trinajstić information content (AvgIpc) is 3.01. The molecule has 2 fully saturated rings. The van der Waals surface area contributed by atoms with Gasteiger partial charge in [0, 0.05) is 25.6 Å². The van der Waals surface area contributed by atoms with Crippen LogP contribution in [0.25, 0.3) is 0 Å². The first-order valence-electron chi connectivity index (χ1n) is 6.02. The first-order valence-corrected chi connectivity index (χ1v) is 6.02. The summed E-state index contributed by atoms with van der Waals surface area (Å²) in [6.07, 6.45) is 1.39. The summed E-state index contributed by atoms with van der Waals surface area (Å²) in [5.74, 6) is -1.04. The van der Waals surface area contributed by atoms with E-state index < -0.39 is 18.1 Å². The molecule has 0 bridgehead atoms. The number of nitrogens with zero attached hydrogens (tertiary/aromatic N) is 2. The molecule has 0 spiro atoms. The van der Waals surface area contributed by atoms with Crippen LogP contribution in [0.4, 0.5) is 4.79 Å². The van der Waals surface area contributed by atoms with Gasteiger partial charge < -0.3 is 20.0 Å². The lowest BCUT2D eigenvalue weighted by Crippen LogP contribution is -2.48. The normalized spacial score (nSPS) is 28.2. The van der Waals surface area contributed by atoms with Crippen molar-refractivity contribution in [3.63, 3.8) is 0 Å². The van der Waals surface area contributed by atoms with Gasteiger partial charge in [-0.2, -0.15) is 0 Å². The Labute approximate surface area is 99.8 Å². The van der Waals surface area contributed by atoms with Crippen LogP contribution in [0.5, 0.6) is 0 Å². The van der Waals surface area contributed by atoms with Crippen LogP contribution in [-0.2, 0) is 4.79 Å². The minimum atomic E-state index is -1.04. The summed E-state index contributed by atoms with van der Waals surface area (Å²) in [6, 6.07) is -0.871. The SMILES string of the molecule is CCN(C(=O)N1CC(O)C[C@H]1C(=O)O)C1CC1. The predicted octanol–water partition coefficient (Wildman–Crippen LogP) is 0.111. The number of hydrogen-bond acceptors (Lipinski definition) is 3. The molecule has 0 radical (unpaired) electrons. The second-order valence-electron chi connectivity index (χ2n) is 4.70. The van der Waals surface area contributed by atoms with Crippen molar-refractivity contribution in [1.29, 1.82) is 0 Å². The fourth-order valence-corrected chi connectivity index (χ4v) is 2.36. The number of aliphatic carboxylic acids is 1. The highest BCUT2D eigenvalue weighted by molar-refractivity contribution is 5.83. The Morgan fingerprint density at radius 2 is 2.06 bits per heavy atom. The highest BCUT2D eigenvalue weighted by Crippen LogP contribution is 2.29. The molecule has 1 saturated heterocycles. The van der Waals surface area contributed by atoms with Gasteiger partial charge in [-0.25, -0.2) is 9.59 Å². The molecule has 6 nitrogen and oxygen atoms in total. The van der Waals surface area contributed by atoms with Crippen LogP contribution in [0.1, 0.15) is 26.2 Å². The van der Waals surface area contributed by atoms with Gasteiger partial charge in [-0.1, -0.05) is 0 Å². The minimum Gasteiger partial charge on any atom is -0.480 e. The number of carboxylic acids is 1. The van der Waals surface area contributed by atoms with Gasteiger partial charge in [-0.15, -0.1) is 0 Å². The maximum absolute atomic E-state index is 12.2. The van der Waals surface area contributed by atoms with Crippen LogP contribution in [0.15, 0.2) is 0 Å². The van der Waals surface area contributed by atoms with Gasteiger partial charge in [0.05, 0.1) is 6.10 Å². The predicted molar refractivity (Wildman–Crippen MR) is 59.6 cm³/mol. The van der Waals surface area contributed by atoms with E-state index in [4.69, 9.17) is 5.11 Å². The zero-order valence-corrected chi connectivity index (χ0v) is 9.87. The number of β-amino-alcohol motifs (C(OH)–C–C–N with tert-alkyl or cyclic N) is 1. The first-order chi connectivity index (χ1) is 8.04. The summed E-state index contributed by atoms with van der Waals surface area (Å²) in [7, 11) is 0. The summed E-state index contributed by atoms with van der Waals surface area (Å²) in [4.78, 5) is 26.2. The van der Waals surface area contributed by atoms with E-state index in [1.807, 2.05) is 6.92 Å². The third kappa shape index (κ3) is 2.36. The van der Waals surface area contributed by atoms with Crippen molar-refractivity contribution >= 4 is 12.0 Å². The highest BCUT2D eigenvalue weighted by Gasteiger charge is 2.43. The molecule has 0 aromatic carbocycles. The van der Waals surface area contributed by atoms with Crippen molar-refractivity contribution < 1.29 is 19.8 Å². The largest absolute Gasteiger partial charge is 0.480 e. The third-order valence-corrected chi connectivity index (χ3v) is 3.38. The molecule has 96 valence electrons. The molecule has 2 N–H and O–H groups in total. The summed E-state index contributed by atoms with van der Waals surface area (Å²) in [6.45, 7) is 2.60. The Kier molecular flexibility index (Phi) is 3.24. The molecule has 1 unspecified atom stereocenters. The topological polar surface area (TPSA) is 81.1 Å². The zero-order chi connectivity index (χ0) is 12.6. The van der Waals surface area contributed by atoms with E-state index in [0.717, 1.165) is 12.8 Å². The Balaban J connectivity index is 2.08. The average molecular weight is 242 g/mol. The van der Waals surface area contributed by atoms with Crippen molar-refractivity contribution in [3.8, 4) is 0 Å². The number of hydrogen-bond donors (Lipinski definition) is 2. The number of carbonyl (C=O) groups is 2. The molecule has 1 heterocycles. The van der Waals surface area contributed by atoms with Crippen LogP contribution in [-0.4, -0.2) is 63.3 Å². The lowest BCUT2D eigenvalue weighted by molar-refractivity contribution is -0.141. The molecule has 6 heteroatoms. The Hall–Kier alpha value is -1.30. The van der Waals surface area contributed by atoms with Crippen LogP contribution in [0.2, 0.25) is 0 Å². The lowest BCUT2D eigenvalue weighted by Gasteiger charge is -2.29. The van der Waals surface area contributed by atoms with E-state index in [9.17, 15) is 14.7 Å². The molecule has 2 amide bonds. The number of likely N-dealkylation sites (tertiary alicyclic amines) is 1. The molecule has 1 aliphatic heterocycles. The van der Waals surface area contributed by atoms with Gasteiger partial charge in [0.15, 0.2) is 0 Å². The van der Waals surface area contributed by atoms with Crippen LogP contribution >= 0.6 is 0 Å². The van der Waals surface area contributed by atoms with Gasteiger partial charge in [-0.05, 0) is 19.8 Å². The summed E-state index contributed by atoms with van der Waals surface area (Å²) < 4.78 is 0. The number of carbonyl (C=O) groups excluding carboxylic acids is 1. The van der Waals surface area contributed by atoms with E-state index in [0.29, 0.717) is 6.54 Å². The molecule has 1 aliphatic carbocycles. The molecule has 0 aromatic heterocycles. The summed E-state index contributed by atoms with van der Waals surface area (Å²) >= 11 is 0. The van der Waals surface area contributed by atoms with Crippen molar-refractivity contribution in [3.05, 3.63) is 0 Å². The minimum absolute atomic E-state index is 0.124. The maximum atomic E-state index is 12.2. The Bertz CT molecular complexity index is 329. The first kappa shape index (κ1) is 12.2. The van der Waals surface area contributed by atoms with E-state index in [-0.39, 0.29) is 25.0 Å². The molecule has 17 heavy (non-hydrogen) atoms. The number of carboxylic acid groups (broad SMARTS) is 1. The van der Waals surface area contributed by atoms with Gasteiger partial charge in [0.1, 0.15) is 6.04 Å². The number of rotatable bonds is 3. The number of amides is 2. The standard InChI is InChI=1S/C11H18N2O4/c1-2-12(7-3-4-7)11(17)13-6-8(14)5-9(13)10(15)16/h7-9,14H,2-6H2,1H3,(H,15,16)/t8?,9-/m0/s1. The van der Waals surface area contributed by atoms with Gasteiger partial charge in [0.2, 0.25) is 0 Å². The second-order valence-corrected chi connectivity index (χ2v) is 4.70. The maximum Gasteiger partial charge on any atom is 0.326 e. The fraction of sp³-hybridized carbons (Fsp3) is 0.818. The zero-order valence-electron chi connectivity index (χ0n) is 9.87. The molecule has 2 rings (SSSR count). The van der Waals surface area contributed by atoms with Crippen LogP contribution in [0, 0.1) is 0 Å². The smallest absolute Gasteiger partial charge is 0.326 e. The fourth-order valence-electron chi connectivity index (χ4n) is 2.36. The monoisotopic (exact) mass is 242 g/mol. The second kappa shape index (κ2) is 4.52. The molecule has 2 aliphatic rings. The highest BCUT2D eigenvalue weighted by atomic mass is 16.4. The van der Waals surface area contributed by atoms with Crippen LogP contribution in [0.3, 0.4) is 0 Å². The molecular weight excluding hydrogens is 224 g/mol. The van der Waals surface area contributed by atoms with E-state index >= 15 is 0 Å². The van der Waals surface area contributed by atoms with Crippen molar-refractivity contribution in [2.45, 2.75) is 44.4 Å². The summed E-state index contributed by atoms with van der Waals surface area (Å²) in [5, 5.41) is 18.5. The van der Waals surface area contributed by atoms with E-state index in [1.165, 1.54) is 4.90 Å². The van der Waals surface area contributed by atoms with E-state index in [1.54, 1.807) is 4.90 Å². The van der Waals surface area contributed by atoms with Crippen molar-refractivity contribution in [1.82, 2.24) is 9.80 Å². The quantitative estimate of drug-likeness (QED) is 0.736. The van der Waals surface area contributed by atoms with E-state index in [2.05, 4.69) is 0 Å². The summed E-state index contributed by atoms with van der Waals surface area (Å²) in [5.41, 5.74) is 0. The Morgan fingerprint density at radius 1 is 1.41 bits per heavy atom. The lowest BCUT2D eigenvalue weighted by atomic mass is 10.2. The third-order valence-electron chi connectivity index (χ3n) is 3.38. The van der Waals surface area contributed by atoms with Crippen LogP contribution < -0.4 is 0 Å². The Morgan fingerprint density at radius 3 is 2.53 bits per heavy atom. The molecular formula is C11H18N2O4. The van der Waals surface area contributed by atoms with Crippen molar-refractivity contribution in [2.24, 2.45) is 0 Å². The van der Waals surface area contributed by atoms with Gasteiger partial charge in [0.25, 0.3) is 0 Å². The number of aliphatic hydroxyl groups excluding tert-OH is 1. The number of aliphatic hydroxyl groups is 1.